The van der Waals surface area contributed by atoms with Crippen molar-refractivity contribution in [3.8, 4) is 0 Å². The fourth-order valence-corrected chi connectivity index (χ4v) is 1.87. The fourth-order valence-electron chi connectivity index (χ4n) is 1.87. The van der Waals surface area contributed by atoms with Gasteiger partial charge in [0.1, 0.15) is 0 Å². The van der Waals surface area contributed by atoms with Crippen molar-refractivity contribution in [1.82, 2.24) is 5.32 Å². The summed E-state index contributed by atoms with van der Waals surface area (Å²) in [7, 11) is 0. The van der Waals surface area contributed by atoms with Gasteiger partial charge in [0.25, 0.3) is 0 Å². The van der Waals surface area contributed by atoms with Crippen LogP contribution in [-0.2, 0) is 4.74 Å². The van der Waals surface area contributed by atoms with Crippen LogP contribution in [0.3, 0.4) is 0 Å². The zero-order chi connectivity index (χ0) is 12.2. The monoisotopic (exact) mass is 229 g/mol. The first-order chi connectivity index (χ1) is 7.66. The molecule has 2 nitrogen and oxygen atoms in total. The first-order valence-corrected chi connectivity index (χ1v) is 6.99. The molecule has 0 rings (SSSR count). The summed E-state index contributed by atoms with van der Waals surface area (Å²) in [6.45, 7) is 11.9. The maximum absolute atomic E-state index is 5.72. The van der Waals surface area contributed by atoms with Gasteiger partial charge in [-0.3, -0.25) is 0 Å². The van der Waals surface area contributed by atoms with Crippen molar-refractivity contribution in [3.63, 3.8) is 0 Å². The molecule has 0 aliphatic rings. The van der Waals surface area contributed by atoms with Crippen LogP contribution in [0.4, 0.5) is 0 Å². The summed E-state index contributed by atoms with van der Waals surface area (Å²) in [6.07, 6.45) is 6.90. The van der Waals surface area contributed by atoms with Crippen LogP contribution in [0.25, 0.3) is 0 Å². The molecule has 0 saturated carbocycles. The van der Waals surface area contributed by atoms with Crippen LogP contribution >= 0.6 is 0 Å². The van der Waals surface area contributed by atoms with Gasteiger partial charge >= 0.3 is 0 Å². The topological polar surface area (TPSA) is 21.3 Å². The molecule has 0 aromatic carbocycles. The van der Waals surface area contributed by atoms with Gasteiger partial charge in [-0.2, -0.15) is 0 Å². The molecule has 0 bridgehead atoms. The molecule has 0 saturated heterocycles. The van der Waals surface area contributed by atoms with Gasteiger partial charge in [0, 0.05) is 6.54 Å². The van der Waals surface area contributed by atoms with E-state index in [4.69, 9.17) is 4.74 Å². The maximum Gasteiger partial charge on any atom is 0.0594 e. The van der Waals surface area contributed by atoms with Crippen molar-refractivity contribution in [2.45, 2.75) is 65.9 Å². The van der Waals surface area contributed by atoms with Gasteiger partial charge in [-0.25, -0.2) is 0 Å². The summed E-state index contributed by atoms with van der Waals surface area (Å²) < 4.78 is 5.72. The molecular weight excluding hydrogens is 198 g/mol. The van der Waals surface area contributed by atoms with E-state index in [1.165, 1.54) is 25.7 Å². The van der Waals surface area contributed by atoms with Crippen molar-refractivity contribution in [1.29, 1.82) is 0 Å². The van der Waals surface area contributed by atoms with Crippen molar-refractivity contribution >= 4 is 0 Å². The van der Waals surface area contributed by atoms with E-state index in [2.05, 4.69) is 33.0 Å². The molecule has 1 unspecified atom stereocenters. The Morgan fingerprint density at radius 1 is 1.00 bits per heavy atom. The van der Waals surface area contributed by atoms with Crippen molar-refractivity contribution in [2.24, 2.45) is 5.92 Å². The van der Waals surface area contributed by atoms with Crippen LogP contribution in [0.5, 0.6) is 0 Å². The molecule has 0 aromatic rings. The number of hydrogen-bond donors (Lipinski definition) is 1. The average Bonchev–Trinajstić information content (AvgIpc) is 2.21. The zero-order valence-electron chi connectivity index (χ0n) is 11.7. The Bertz CT molecular complexity index is 137. The maximum atomic E-state index is 5.72. The lowest BCUT2D eigenvalue weighted by molar-refractivity contribution is 0.0540. The second kappa shape index (κ2) is 11.4. The molecule has 2 heteroatoms. The number of nitrogens with one attached hydrogen (secondary N) is 1. The third-order valence-electron chi connectivity index (χ3n) is 2.69. The number of ether oxygens (including phenoxy) is 1. The van der Waals surface area contributed by atoms with E-state index >= 15 is 0 Å². The normalized spacial score (nSPS) is 13.3. The second-order valence-electron chi connectivity index (χ2n) is 5.12. The molecule has 98 valence electrons. The minimum atomic E-state index is 0.405. The molecule has 0 heterocycles. The lowest BCUT2D eigenvalue weighted by atomic mass is 10.1. The van der Waals surface area contributed by atoms with Crippen LogP contribution in [0, 0.1) is 5.92 Å². The Labute approximate surface area is 102 Å². The Hall–Kier alpha value is -0.0800. The largest absolute Gasteiger partial charge is 0.377 e. The van der Waals surface area contributed by atoms with Crippen LogP contribution in [0.1, 0.15) is 59.8 Å². The van der Waals surface area contributed by atoms with E-state index in [9.17, 15) is 0 Å². The van der Waals surface area contributed by atoms with E-state index in [0.717, 1.165) is 32.0 Å². The molecule has 0 amide bonds. The van der Waals surface area contributed by atoms with Crippen LogP contribution in [0.15, 0.2) is 0 Å². The lowest BCUT2D eigenvalue weighted by Crippen LogP contribution is -2.23. The van der Waals surface area contributed by atoms with Gasteiger partial charge < -0.3 is 10.1 Å². The molecule has 0 aromatic heterocycles. The molecule has 0 aliphatic heterocycles. The van der Waals surface area contributed by atoms with Crippen molar-refractivity contribution < 1.29 is 4.74 Å². The van der Waals surface area contributed by atoms with E-state index < -0.39 is 0 Å². The fraction of sp³-hybridized carbons (Fsp3) is 1.00. The highest BCUT2D eigenvalue weighted by Gasteiger charge is 2.04. The van der Waals surface area contributed by atoms with E-state index in [0.29, 0.717) is 6.10 Å². The van der Waals surface area contributed by atoms with Gasteiger partial charge in [0.2, 0.25) is 0 Å². The minimum Gasteiger partial charge on any atom is -0.377 e. The molecular formula is C14H31NO. The summed E-state index contributed by atoms with van der Waals surface area (Å²) >= 11 is 0. The van der Waals surface area contributed by atoms with Crippen molar-refractivity contribution in [2.75, 3.05) is 19.7 Å². The first kappa shape index (κ1) is 15.9. The lowest BCUT2D eigenvalue weighted by Gasteiger charge is -2.15. The smallest absolute Gasteiger partial charge is 0.0594 e. The van der Waals surface area contributed by atoms with Gasteiger partial charge in [-0.15, -0.1) is 0 Å². The minimum absolute atomic E-state index is 0.405. The Morgan fingerprint density at radius 2 is 1.75 bits per heavy atom. The predicted molar refractivity (Wildman–Crippen MR) is 71.9 cm³/mol. The Morgan fingerprint density at radius 3 is 2.38 bits per heavy atom. The SMILES string of the molecule is CCCCCCNCCOC(C)CC(C)C. The van der Waals surface area contributed by atoms with Gasteiger partial charge in [-0.05, 0) is 32.2 Å². The molecule has 0 fully saturated rings. The van der Waals surface area contributed by atoms with E-state index in [1.807, 2.05) is 0 Å². The summed E-state index contributed by atoms with van der Waals surface area (Å²) in [5.74, 6) is 0.733. The summed E-state index contributed by atoms with van der Waals surface area (Å²) in [6, 6.07) is 0. The Balaban J connectivity index is 3.08. The quantitative estimate of drug-likeness (QED) is 0.547. The van der Waals surface area contributed by atoms with Crippen molar-refractivity contribution in [3.05, 3.63) is 0 Å². The molecule has 0 aliphatic carbocycles. The van der Waals surface area contributed by atoms with Crippen LogP contribution in [0.2, 0.25) is 0 Å². The molecule has 16 heavy (non-hydrogen) atoms. The van der Waals surface area contributed by atoms with E-state index in [1.54, 1.807) is 0 Å². The number of hydrogen-bond acceptors (Lipinski definition) is 2. The van der Waals surface area contributed by atoms with Gasteiger partial charge in [0.05, 0.1) is 12.7 Å². The predicted octanol–water partition coefficient (Wildman–Crippen LogP) is 3.61. The highest BCUT2D eigenvalue weighted by Crippen LogP contribution is 2.06. The molecule has 0 spiro atoms. The summed E-state index contributed by atoms with van der Waals surface area (Å²) in [4.78, 5) is 0. The molecule has 1 atom stereocenters. The average molecular weight is 229 g/mol. The van der Waals surface area contributed by atoms with Crippen LogP contribution in [-0.4, -0.2) is 25.8 Å². The first-order valence-electron chi connectivity index (χ1n) is 6.99. The van der Waals surface area contributed by atoms with Gasteiger partial charge in [0.15, 0.2) is 0 Å². The molecule has 0 radical (unpaired) electrons. The third kappa shape index (κ3) is 12.0. The number of rotatable bonds is 11. The molecule has 1 N–H and O–H groups in total. The highest BCUT2D eigenvalue weighted by molar-refractivity contribution is 4.55. The second-order valence-corrected chi connectivity index (χ2v) is 5.12. The third-order valence-corrected chi connectivity index (χ3v) is 2.69. The van der Waals surface area contributed by atoms with Crippen LogP contribution < -0.4 is 5.32 Å². The number of unbranched alkanes of at least 4 members (excludes halogenated alkanes) is 3. The summed E-state index contributed by atoms with van der Waals surface area (Å²) in [5.41, 5.74) is 0. The standard InChI is InChI=1S/C14H31NO/c1-5-6-7-8-9-15-10-11-16-14(4)12-13(2)3/h13-15H,5-12H2,1-4H3. The zero-order valence-corrected chi connectivity index (χ0v) is 11.7. The van der Waals surface area contributed by atoms with Gasteiger partial charge in [-0.1, -0.05) is 40.0 Å². The Kier molecular flexibility index (Phi) is 11.3. The van der Waals surface area contributed by atoms with E-state index in [-0.39, 0.29) is 0 Å². The highest BCUT2D eigenvalue weighted by atomic mass is 16.5. The summed E-state index contributed by atoms with van der Waals surface area (Å²) in [5, 5.41) is 3.43.